The first kappa shape index (κ1) is 16.4. The molecule has 0 fully saturated rings. The Kier molecular flexibility index (Phi) is 5.59. The van der Waals surface area contributed by atoms with Crippen LogP contribution in [-0.2, 0) is 0 Å². The van der Waals surface area contributed by atoms with E-state index >= 15 is 0 Å². The van der Waals surface area contributed by atoms with Gasteiger partial charge in [0.1, 0.15) is 5.75 Å². The molecule has 2 aromatic carbocycles. The number of non-ortho nitro benzene ring substituents is 1. The zero-order valence-corrected chi connectivity index (χ0v) is 13.0. The van der Waals surface area contributed by atoms with Crippen molar-refractivity contribution in [2.45, 2.75) is 0 Å². The molecule has 0 aliphatic heterocycles. The molecule has 0 aliphatic carbocycles. The summed E-state index contributed by atoms with van der Waals surface area (Å²) in [5.41, 5.74) is 3.94. The predicted molar refractivity (Wildman–Crippen MR) is 93.0 cm³/mol. The third-order valence-corrected chi connectivity index (χ3v) is 3.01. The van der Waals surface area contributed by atoms with E-state index in [1.54, 1.807) is 25.3 Å². The van der Waals surface area contributed by atoms with Crippen molar-refractivity contribution in [1.82, 2.24) is 5.43 Å². The molecule has 8 heteroatoms. The summed E-state index contributed by atoms with van der Waals surface area (Å²) in [6.45, 7) is 0. The highest BCUT2D eigenvalue weighted by atomic mass is 32.1. The molecular weight excluding hydrogens is 316 g/mol. The van der Waals surface area contributed by atoms with Crippen molar-refractivity contribution < 1.29 is 9.66 Å². The van der Waals surface area contributed by atoms with E-state index in [4.69, 9.17) is 17.0 Å². The van der Waals surface area contributed by atoms with Gasteiger partial charge in [0.25, 0.3) is 5.69 Å². The predicted octanol–water partition coefficient (Wildman–Crippen LogP) is 2.92. The van der Waals surface area contributed by atoms with Gasteiger partial charge < -0.3 is 10.1 Å². The van der Waals surface area contributed by atoms with Crippen molar-refractivity contribution in [3.05, 3.63) is 64.2 Å². The lowest BCUT2D eigenvalue weighted by Gasteiger charge is -2.10. The molecule has 7 nitrogen and oxygen atoms in total. The van der Waals surface area contributed by atoms with E-state index in [1.165, 1.54) is 18.3 Å². The Labute approximate surface area is 138 Å². The van der Waals surface area contributed by atoms with Crippen LogP contribution in [0.5, 0.6) is 5.75 Å². The summed E-state index contributed by atoms with van der Waals surface area (Å²) in [7, 11) is 1.57. The molecule has 0 bridgehead atoms. The number of nitrogens with one attached hydrogen (secondary N) is 2. The number of rotatable bonds is 5. The van der Waals surface area contributed by atoms with Crippen molar-refractivity contribution in [3.8, 4) is 5.75 Å². The molecule has 0 spiro atoms. The van der Waals surface area contributed by atoms with Crippen molar-refractivity contribution >= 4 is 34.9 Å². The minimum absolute atomic E-state index is 0.00340. The number of para-hydroxylation sites is 2. The molecule has 0 aliphatic rings. The average Bonchev–Trinajstić information content (AvgIpc) is 2.55. The van der Waals surface area contributed by atoms with Gasteiger partial charge in [-0.25, -0.2) is 0 Å². The number of nitro groups is 1. The number of ether oxygens (including phenoxy) is 1. The molecule has 0 saturated carbocycles. The summed E-state index contributed by atoms with van der Waals surface area (Å²) >= 11 is 5.13. The zero-order chi connectivity index (χ0) is 16.7. The lowest BCUT2D eigenvalue weighted by molar-refractivity contribution is -0.384. The van der Waals surface area contributed by atoms with Crippen molar-refractivity contribution in [1.29, 1.82) is 0 Å². The van der Waals surface area contributed by atoms with Crippen LogP contribution in [0, 0.1) is 10.1 Å². The van der Waals surface area contributed by atoms with Crippen molar-refractivity contribution in [2.75, 3.05) is 12.4 Å². The van der Waals surface area contributed by atoms with Crippen LogP contribution in [0.15, 0.2) is 53.6 Å². The fourth-order valence-electron chi connectivity index (χ4n) is 1.78. The number of thiocarbonyl (C=S) groups is 1. The molecule has 2 N–H and O–H groups in total. The summed E-state index contributed by atoms with van der Waals surface area (Å²) in [4.78, 5) is 10.2. The number of nitrogens with zero attached hydrogens (tertiary/aromatic N) is 2. The van der Waals surface area contributed by atoms with Crippen LogP contribution in [0.2, 0.25) is 0 Å². The quantitative estimate of drug-likeness (QED) is 0.379. The maximum atomic E-state index is 10.7. The van der Waals surface area contributed by atoms with E-state index in [1.807, 2.05) is 18.2 Å². The van der Waals surface area contributed by atoms with Crippen LogP contribution in [0.25, 0.3) is 0 Å². The summed E-state index contributed by atoms with van der Waals surface area (Å²) in [6.07, 6.45) is 1.45. The van der Waals surface area contributed by atoms with Gasteiger partial charge in [0.2, 0.25) is 0 Å². The number of hydrogen-bond acceptors (Lipinski definition) is 5. The van der Waals surface area contributed by atoms with Gasteiger partial charge in [0.05, 0.1) is 23.9 Å². The first-order chi connectivity index (χ1) is 11.1. The molecule has 2 rings (SSSR count). The van der Waals surface area contributed by atoms with Crippen molar-refractivity contribution in [3.63, 3.8) is 0 Å². The van der Waals surface area contributed by atoms with Gasteiger partial charge in [0, 0.05) is 17.7 Å². The molecule has 0 aromatic heterocycles. The highest BCUT2D eigenvalue weighted by Crippen LogP contribution is 2.22. The molecule has 23 heavy (non-hydrogen) atoms. The Morgan fingerprint density at radius 2 is 2.09 bits per heavy atom. The maximum absolute atomic E-state index is 10.7. The fraction of sp³-hybridized carbons (Fsp3) is 0.0667. The number of hydrogen-bond donors (Lipinski definition) is 2. The van der Waals surface area contributed by atoms with E-state index in [0.29, 0.717) is 17.0 Å². The van der Waals surface area contributed by atoms with E-state index in [9.17, 15) is 10.1 Å². The van der Waals surface area contributed by atoms with E-state index in [0.717, 1.165) is 0 Å². The molecule has 0 saturated heterocycles. The van der Waals surface area contributed by atoms with E-state index in [2.05, 4.69) is 15.8 Å². The largest absolute Gasteiger partial charge is 0.495 e. The van der Waals surface area contributed by atoms with Crippen LogP contribution >= 0.6 is 12.2 Å². The normalized spacial score (nSPS) is 10.3. The van der Waals surface area contributed by atoms with Gasteiger partial charge in [-0.2, -0.15) is 5.10 Å². The van der Waals surface area contributed by atoms with Gasteiger partial charge in [-0.05, 0) is 24.4 Å². The van der Waals surface area contributed by atoms with Gasteiger partial charge in [-0.15, -0.1) is 0 Å². The molecule has 0 unspecified atom stereocenters. The Balaban J connectivity index is 1.96. The van der Waals surface area contributed by atoms with Crippen LogP contribution in [-0.4, -0.2) is 23.4 Å². The number of anilines is 1. The first-order valence-electron chi connectivity index (χ1n) is 6.57. The van der Waals surface area contributed by atoms with E-state index in [-0.39, 0.29) is 10.8 Å². The number of methoxy groups -OCH3 is 1. The van der Waals surface area contributed by atoms with Gasteiger partial charge in [0.15, 0.2) is 5.11 Å². The monoisotopic (exact) mass is 330 g/mol. The molecule has 0 heterocycles. The average molecular weight is 330 g/mol. The number of benzene rings is 2. The van der Waals surface area contributed by atoms with E-state index < -0.39 is 4.92 Å². The number of hydrazone groups is 1. The topological polar surface area (TPSA) is 88.8 Å². The molecule has 0 radical (unpaired) electrons. The van der Waals surface area contributed by atoms with Crippen LogP contribution in [0.3, 0.4) is 0 Å². The third kappa shape index (κ3) is 4.75. The Morgan fingerprint density at radius 3 is 2.83 bits per heavy atom. The fourth-order valence-corrected chi connectivity index (χ4v) is 1.94. The molecule has 118 valence electrons. The molecule has 0 atom stereocenters. The van der Waals surface area contributed by atoms with Crippen LogP contribution in [0.4, 0.5) is 11.4 Å². The summed E-state index contributed by atoms with van der Waals surface area (Å²) < 4.78 is 5.20. The second kappa shape index (κ2) is 7.85. The number of nitro benzene ring substituents is 1. The second-order valence-corrected chi connectivity index (χ2v) is 4.78. The highest BCUT2D eigenvalue weighted by molar-refractivity contribution is 7.80. The Bertz CT molecular complexity index is 749. The molecule has 0 amide bonds. The van der Waals surface area contributed by atoms with Crippen molar-refractivity contribution in [2.24, 2.45) is 5.10 Å². The van der Waals surface area contributed by atoms with Crippen LogP contribution in [0.1, 0.15) is 5.56 Å². The Morgan fingerprint density at radius 1 is 1.30 bits per heavy atom. The lowest BCUT2D eigenvalue weighted by atomic mass is 10.2. The third-order valence-electron chi connectivity index (χ3n) is 2.82. The highest BCUT2D eigenvalue weighted by Gasteiger charge is 2.04. The van der Waals surface area contributed by atoms with Crippen LogP contribution < -0.4 is 15.5 Å². The van der Waals surface area contributed by atoms with Gasteiger partial charge in [-0.3, -0.25) is 15.5 Å². The van der Waals surface area contributed by atoms with Gasteiger partial charge in [-0.1, -0.05) is 24.3 Å². The second-order valence-electron chi connectivity index (χ2n) is 4.38. The Hall–Kier alpha value is -3.00. The minimum atomic E-state index is -0.460. The zero-order valence-electron chi connectivity index (χ0n) is 12.2. The molecule has 2 aromatic rings. The minimum Gasteiger partial charge on any atom is -0.495 e. The molecular formula is C15H14N4O3S. The maximum Gasteiger partial charge on any atom is 0.270 e. The summed E-state index contributed by atoms with van der Waals surface area (Å²) in [5, 5.41) is 17.9. The SMILES string of the molecule is COc1ccccc1NC(=S)NN=Cc1cccc([N+](=O)[O-])c1. The summed E-state index contributed by atoms with van der Waals surface area (Å²) in [6, 6.07) is 13.4. The smallest absolute Gasteiger partial charge is 0.270 e. The lowest BCUT2D eigenvalue weighted by Crippen LogP contribution is -2.24. The van der Waals surface area contributed by atoms with Gasteiger partial charge >= 0.3 is 0 Å². The first-order valence-corrected chi connectivity index (χ1v) is 6.98. The summed E-state index contributed by atoms with van der Waals surface area (Å²) in [5.74, 6) is 0.652. The standard InChI is InChI=1S/C15H14N4O3S/c1-22-14-8-3-2-7-13(14)17-15(23)18-16-10-11-5-4-6-12(9-11)19(20)21/h2-10H,1H3,(H2,17,18,23).